The number of pyridine rings is 2. The van der Waals surface area contributed by atoms with Crippen molar-refractivity contribution >= 4 is 5.65 Å². The molecular formula is C22H22N6O. The topological polar surface area (TPSA) is 79.2 Å². The number of nitrogens with one attached hydrogen (secondary N) is 1. The number of aromatic nitrogens is 5. The van der Waals surface area contributed by atoms with Gasteiger partial charge in [0.15, 0.2) is 0 Å². The van der Waals surface area contributed by atoms with Crippen LogP contribution >= 0.6 is 0 Å². The second kappa shape index (κ2) is 6.93. The second-order valence-corrected chi connectivity index (χ2v) is 7.62. The molecule has 146 valence electrons. The zero-order chi connectivity index (χ0) is 20.0. The van der Waals surface area contributed by atoms with Gasteiger partial charge in [0.05, 0.1) is 22.6 Å². The highest BCUT2D eigenvalue weighted by Gasteiger charge is 2.23. The smallest absolute Gasteiger partial charge is 0.255 e. The summed E-state index contributed by atoms with van der Waals surface area (Å²) in [5.74, 6) is 0.586. The number of H-pyrrole nitrogens is 1. The summed E-state index contributed by atoms with van der Waals surface area (Å²) in [4.78, 5) is 31.5. The number of hydrogen-bond acceptors (Lipinski definition) is 5. The van der Waals surface area contributed by atoms with E-state index in [9.17, 15) is 4.79 Å². The first-order valence-electron chi connectivity index (χ1n) is 9.77. The minimum atomic E-state index is -0.0655. The third-order valence-corrected chi connectivity index (χ3v) is 5.52. The Kier molecular flexibility index (Phi) is 4.24. The van der Waals surface area contributed by atoms with E-state index in [0.29, 0.717) is 12.4 Å². The van der Waals surface area contributed by atoms with E-state index in [0.717, 1.165) is 47.7 Å². The molecule has 0 unspecified atom stereocenters. The average Bonchev–Trinajstić information content (AvgIpc) is 3.03. The van der Waals surface area contributed by atoms with Crippen LogP contribution in [0.4, 0.5) is 0 Å². The number of imidazole rings is 1. The fourth-order valence-corrected chi connectivity index (χ4v) is 3.97. The summed E-state index contributed by atoms with van der Waals surface area (Å²) in [6, 6.07) is 7.87. The molecule has 0 saturated heterocycles. The summed E-state index contributed by atoms with van der Waals surface area (Å²) < 4.78 is 2.16. The summed E-state index contributed by atoms with van der Waals surface area (Å²) in [5.41, 5.74) is 6.76. The molecule has 0 radical (unpaired) electrons. The van der Waals surface area contributed by atoms with Gasteiger partial charge in [0.1, 0.15) is 11.5 Å². The Balaban J connectivity index is 1.44. The maximum Gasteiger partial charge on any atom is 0.255 e. The van der Waals surface area contributed by atoms with Crippen molar-refractivity contribution in [1.82, 2.24) is 29.2 Å². The molecule has 7 nitrogen and oxygen atoms in total. The SMILES string of the molecule is Cc1ccc2nc(C)c(CN3CCc4nc(-c5cccnc5)[nH]c(=O)c4C3)n2c1. The second-order valence-electron chi connectivity index (χ2n) is 7.62. The molecule has 0 aliphatic carbocycles. The van der Waals surface area contributed by atoms with E-state index in [1.165, 1.54) is 11.3 Å². The van der Waals surface area contributed by atoms with E-state index >= 15 is 0 Å². The quantitative estimate of drug-likeness (QED) is 0.586. The van der Waals surface area contributed by atoms with Gasteiger partial charge >= 0.3 is 0 Å². The first-order valence-corrected chi connectivity index (χ1v) is 9.77. The van der Waals surface area contributed by atoms with Crippen LogP contribution in [0, 0.1) is 13.8 Å². The fraction of sp³-hybridized carbons (Fsp3) is 0.273. The number of nitrogens with zero attached hydrogens (tertiary/aromatic N) is 5. The molecule has 5 rings (SSSR count). The largest absolute Gasteiger partial charge is 0.306 e. The molecule has 0 fully saturated rings. The fourth-order valence-electron chi connectivity index (χ4n) is 3.97. The maximum atomic E-state index is 12.8. The van der Waals surface area contributed by atoms with Crippen LogP contribution < -0.4 is 5.56 Å². The van der Waals surface area contributed by atoms with Gasteiger partial charge in [-0.2, -0.15) is 0 Å². The van der Waals surface area contributed by atoms with E-state index < -0.39 is 0 Å². The molecule has 4 aromatic rings. The lowest BCUT2D eigenvalue weighted by molar-refractivity contribution is 0.238. The minimum absolute atomic E-state index is 0.0655. The average molecular weight is 386 g/mol. The summed E-state index contributed by atoms with van der Waals surface area (Å²) in [5, 5.41) is 0. The van der Waals surface area contributed by atoms with Crippen LogP contribution in [0.5, 0.6) is 0 Å². The van der Waals surface area contributed by atoms with Gasteiger partial charge in [0, 0.05) is 50.2 Å². The summed E-state index contributed by atoms with van der Waals surface area (Å²) in [6.45, 7) is 6.32. The molecule has 29 heavy (non-hydrogen) atoms. The molecule has 0 amide bonds. The lowest BCUT2D eigenvalue weighted by Crippen LogP contribution is -2.35. The molecule has 0 atom stereocenters. The number of aromatic amines is 1. The van der Waals surface area contributed by atoms with Crippen molar-refractivity contribution in [2.45, 2.75) is 33.4 Å². The number of aryl methyl sites for hydroxylation is 2. The molecule has 7 heteroatoms. The normalized spacial score (nSPS) is 14.3. The zero-order valence-corrected chi connectivity index (χ0v) is 16.5. The predicted octanol–water partition coefficient (Wildman–Crippen LogP) is 2.65. The molecule has 1 N–H and O–H groups in total. The van der Waals surface area contributed by atoms with Crippen LogP contribution in [0.15, 0.2) is 47.7 Å². The predicted molar refractivity (Wildman–Crippen MR) is 111 cm³/mol. The first kappa shape index (κ1) is 17.8. The Morgan fingerprint density at radius 2 is 2.07 bits per heavy atom. The van der Waals surface area contributed by atoms with E-state index in [2.05, 4.69) is 43.4 Å². The highest BCUT2D eigenvalue weighted by molar-refractivity contribution is 5.53. The first-order chi connectivity index (χ1) is 14.1. The third-order valence-electron chi connectivity index (χ3n) is 5.52. The van der Waals surface area contributed by atoms with Crippen molar-refractivity contribution in [2.75, 3.05) is 6.54 Å². The minimum Gasteiger partial charge on any atom is -0.306 e. The van der Waals surface area contributed by atoms with Gasteiger partial charge in [-0.3, -0.25) is 14.7 Å². The molecule has 5 heterocycles. The summed E-state index contributed by atoms with van der Waals surface area (Å²) in [7, 11) is 0. The van der Waals surface area contributed by atoms with Gasteiger partial charge in [-0.15, -0.1) is 0 Å². The van der Waals surface area contributed by atoms with E-state index in [1.54, 1.807) is 12.4 Å². The monoisotopic (exact) mass is 386 g/mol. The Bertz CT molecular complexity index is 1260. The summed E-state index contributed by atoms with van der Waals surface area (Å²) in [6.07, 6.45) is 6.30. The van der Waals surface area contributed by atoms with Gasteiger partial charge in [-0.1, -0.05) is 6.07 Å². The standard InChI is InChI=1S/C22H22N6O/c1-14-5-6-20-24-15(2)19(28(20)11-14)13-27-9-7-18-17(12-27)22(29)26-21(25-18)16-4-3-8-23-10-16/h3-6,8,10-11H,7,9,12-13H2,1-2H3,(H,25,26,29). The van der Waals surface area contributed by atoms with Crippen LogP contribution in [0.3, 0.4) is 0 Å². The van der Waals surface area contributed by atoms with Crippen molar-refractivity contribution in [3.05, 3.63) is 81.4 Å². The van der Waals surface area contributed by atoms with Crippen LogP contribution in [-0.4, -0.2) is 35.8 Å². The van der Waals surface area contributed by atoms with Crippen LogP contribution in [0.25, 0.3) is 17.0 Å². The molecule has 1 aliphatic rings. The van der Waals surface area contributed by atoms with Crippen molar-refractivity contribution in [1.29, 1.82) is 0 Å². The summed E-state index contributed by atoms with van der Waals surface area (Å²) >= 11 is 0. The van der Waals surface area contributed by atoms with Crippen molar-refractivity contribution in [3.63, 3.8) is 0 Å². The van der Waals surface area contributed by atoms with Crippen molar-refractivity contribution < 1.29 is 0 Å². The van der Waals surface area contributed by atoms with Crippen LogP contribution in [0.1, 0.15) is 28.2 Å². The number of rotatable bonds is 3. The maximum absolute atomic E-state index is 12.8. The van der Waals surface area contributed by atoms with Crippen molar-refractivity contribution in [3.8, 4) is 11.4 Å². The molecular weight excluding hydrogens is 364 g/mol. The molecule has 0 bridgehead atoms. The Labute approximate surface area is 168 Å². The number of hydrogen-bond donors (Lipinski definition) is 1. The van der Waals surface area contributed by atoms with Gasteiger partial charge in [-0.25, -0.2) is 9.97 Å². The molecule has 4 aromatic heterocycles. The highest BCUT2D eigenvalue weighted by atomic mass is 16.1. The molecule has 0 spiro atoms. The molecule has 0 aromatic carbocycles. The van der Waals surface area contributed by atoms with Crippen LogP contribution in [0.2, 0.25) is 0 Å². The van der Waals surface area contributed by atoms with E-state index in [4.69, 9.17) is 4.98 Å². The van der Waals surface area contributed by atoms with Gasteiger partial charge < -0.3 is 9.38 Å². The van der Waals surface area contributed by atoms with Crippen LogP contribution in [-0.2, 0) is 19.5 Å². The van der Waals surface area contributed by atoms with Crippen molar-refractivity contribution in [2.24, 2.45) is 0 Å². The molecule has 0 saturated carbocycles. The lowest BCUT2D eigenvalue weighted by Gasteiger charge is -2.27. The van der Waals surface area contributed by atoms with Gasteiger partial charge in [-0.05, 0) is 37.6 Å². The molecule has 1 aliphatic heterocycles. The van der Waals surface area contributed by atoms with Gasteiger partial charge in [0.2, 0.25) is 0 Å². The number of fused-ring (bicyclic) bond motifs is 2. The Hall–Kier alpha value is -3.32. The van der Waals surface area contributed by atoms with E-state index in [1.807, 2.05) is 25.1 Å². The zero-order valence-electron chi connectivity index (χ0n) is 16.5. The third kappa shape index (κ3) is 3.23. The Morgan fingerprint density at radius 3 is 2.90 bits per heavy atom. The lowest BCUT2D eigenvalue weighted by atomic mass is 10.1. The van der Waals surface area contributed by atoms with E-state index in [-0.39, 0.29) is 5.56 Å². The highest BCUT2D eigenvalue weighted by Crippen LogP contribution is 2.21. The Morgan fingerprint density at radius 1 is 1.17 bits per heavy atom. The van der Waals surface area contributed by atoms with Gasteiger partial charge in [0.25, 0.3) is 5.56 Å².